The second kappa shape index (κ2) is 14.2. The quantitative estimate of drug-likeness (QED) is 0.143. The van der Waals surface area contributed by atoms with Crippen molar-refractivity contribution in [2.75, 3.05) is 0 Å². The van der Waals surface area contributed by atoms with Crippen molar-refractivity contribution >= 4 is 33.6 Å². The van der Waals surface area contributed by atoms with E-state index in [-0.39, 0.29) is 11.8 Å². The molecule has 252 valence electrons. The summed E-state index contributed by atoms with van der Waals surface area (Å²) in [6.07, 6.45) is 0. The van der Waals surface area contributed by atoms with Gasteiger partial charge in [0.1, 0.15) is 0 Å². The second-order valence-corrected chi connectivity index (χ2v) is 13.8. The first-order valence-corrected chi connectivity index (χ1v) is 18.3. The van der Waals surface area contributed by atoms with E-state index < -0.39 is 0 Å². The van der Waals surface area contributed by atoms with Crippen LogP contribution in [0.15, 0.2) is 210 Å². The molecule has 0 amide bonds. The highest BCUT2D eigenvalue weighted by molar-refractivity contribution is 6.61. The molecule has 0 unspecified atom stereocenters. The third-order valence-electron chi connectivity index (χ3n) is 10.3. The Morgan fingerprint density at radius 1 is 0.377 bits per heavy atom. The second-order valence-electron chi connectivity index (χ2n) is 13.8. The average molecular weight is 679 g/mol. The molecule has 1 aliphatic carbocycles. The fourth-order valence-electron chi connectivity index (χ4n) is 8.05. The van der Waals surface area contributed by atoms with Crippen LogP contribution >= 0.6 is 0 Å². The number of benzene rings is 8. The van der Waals surface area contributed by atoms with Crippen molar-refractivity contribution in [1.29, 1.82) is 0 Å². The zero-order valence-electron chi connectivity index (χ0n) is 29.6. The molecule has 0 aromatic heterocycles. The third-order valence-corrected chi connectivity index (χ3v) is 10.3. The van der Waals surface area contributed by atoms with E-state index in [1.807, 2.05) is 18.2 Å². The van der Waals surface area contributed by atoms with Gasteiger partial charge in [-0.1, -0.05) is 194 Å². The van der Waals surface area contributed by atoms with Crippen molar-refractivity contribution in [3.8, 4) is 0 Å². The van der Waals surface area contributed by atoms with Gasteiger partial charge >= 0.3 is 0 Å². The third kappa shape index (κ3) is 6.19. The van der Waals surface area contributed by atoms with Gasteiger partial charge in [0, 0.05) is 28.3 Å². The standard InChI is InChI=1S/C51H38N2/c1-35-33-44(46(36-19-7-2-8-20-36)37-21-9-3-10-22-37)49(45(34-35)47(38-23-11-4-12-24-38)39-25-13-5-14-26-39)53-51-43-32-18-28-40-27-17-31-42(48(40)43)50(51)52-41-29-15-6-16-30-41/h2-34,46-47H,1H3. The van der Waals surface area contributed by atoms with Crippen LogP contribution in [0.3, 0.4) is 0 Å². The molecule has 2 nitrogen and oxygen atoms in total. The lowest BCUT2D eigenvalue weighted by molar-refractivity contribution is 0.934. The van der Waals surface area contributed by atoms with Crippen LogP contribution in [0, 0.1) is 6.92 Å². The Kier molecular flexibility index (Phi) is 8.63. The van der Waals surface area contributed by atoms with Crippen molar-refractivity contribution in [3.05, 3.63) is 250 Å². The van der Waals surface area contributed by atoms with Gasteiger partial charge in [-0.15, -0.1) is 0 Å². The zero-order chi connectivity index (χ0) is 35.6. The predicted molar refractivity (Wildman–Crippen MR) is 222 cm³/mol. The molecule has 53 heavy (non-hydrogen) atoms. The van der Waals surface area contributed by atoms with Gasteiger partial charge in [-0.3, -0.25) is 0 Å². The predicted octanol–water partition coefficient (Wildman–Crippen LogP) is 12.8. The van der Waals surface area contributed by atoms with Crippen LogP contribution in [0.5, 0.6) is 0 Å². The lowest BCUT2D eigenvalue weighted by Gasteiger charge is -2.27. The fourth-order valence-corrected chi connectivity index (χ4v) is 8.05. The first-order valence-electron chi connectivity index (χ1n) is 18.3. The molecule has 0 atom stereocenters. The van der Waals surface area contributed by atoms with E-state index in [2.05, 4.69) is 189 Å². The Bertz CT molecular complexity index is 2400. The first kappa shape index (κ1) is 32.3. The van der Waals surface area contributed by atoms with Crippen LogP contribution in [0.25, 0.3) is 10.8 Å². The molecule has 1 aliphatic rings. The summed E-state index contributed by atoms with van der Waals surface area (Å²) in [6.45, 7) is 2.22. The molecule has 0 fully saturated rings. The molecule has 0 aliphatic heterocycles. The number of aryl methyl sites for hydroxylation is 1. The van der Waals surface area contributed by atoms with Gasteiger partial charge in [0.25, 0.3) is 0 Å². The van der Waals surface area contributed by atoms with Gasteiger partial charge in [0.15, 0.2) is 0 Å². The summed E-state index contributed by atoms with van der Waals surface area (Å²) in [4.78, 5) is 11.3. The van der Waals surface area contributed by atoms with E-state index in [0.29, 0.717) is 0 Å². The molecule has 0 radical (unpaired) electrons. The van der Waals surface area contributed by atoms with E-state index in [1.54, 1.807) is 0 Å². The molecule has 0 N–H and O–H groups in total. The molecular formula is C51H38N2. The molecule has 8 aromatic carbocycles. The Balaban J connectivity index is 1.41. The van der Waals surface area contributed by atoms with Gasteiger partial charge in [0.2, 0.25) is 0 Å². The summed E-state index contributed by atoms with van der Waals surface area (Å²) in [6, 6.07) is 71.5. The number of rotatable bonds is 8. The van der Waals surface area contributed by atoms with Crippen LogP contribution in [0.4, 0.5) is 11.4 Å². The van der Waals surface area contributed by atoms with Crippen molar-refractivity contribution in [2.45, 2.75) is 18.8 Å². The largest absolute Gasteiger partial charge is 0.246 e. The normalized spacial score (nSPS) is 13.8. The minimum Gasteiger partial charge on any atom is -0.246 e. The number of hydrogen-bond donors (Lipinski definition) is 0. The molecule has 0 bridgehead atoms. The van der Waals surface area contributed by atoms with Gasteiger partial charge in [-0.25, -0.2) is 9.98 Å². The molecule has 0 saturated carbocycles. The molecule has 9 rings (SSSR count). The van der Waals surface area contributed by atoms with Crippen LogP contribution in [0.1, 0.15) is 61.9 Å². The van der Waals surface area contributed by atoms with E-state index in [0.717, 1.165) is 33.9 Å². The SMILES string of the molecule is Cc1cc(C(c2ccccc2)c2ccccc2)c(N=C2C(=Nc3ccccc3)c3cccc4cccc2c34)c(C(c2ccccc2)c2ccccc2)c1. The van der Waals surface area contributed by atoms with Gasteiger partial charge in [-0.2, -0.15) is 0 Å². The van der Waals surface area contributed by atoms with Crippen LogP contribution in [0.2, 0.25) is 0 Å². The molecule has 8 aromatic rings. The summed E-state index contributed by atoms with van der Waals surface area (Å²) in [5, 5.41) is 2.39. The maximum absolute atomic E-state index is 5.95. The fraction of sp³-hybridized carbons (Fsp3) is 0.0588. The molecule has 2 heteroatoms. The topological polar surface area (TPSA) is 24.7 Å². The number of hydrogen-bond acceptors (Lipinski definition) is 2. The van der Waals surface area contributed by atoms with Crippen molar-refractivity contribution in [2.24, 2.45) is 9.98 Å². The maximum Gasteiger partial charge on any atom is 0.0979 e. The molecular weight excluding hydrogens is 641 g/mol. The summed E-state index contributed by atoms with van der Waals surface area (Å²) >= 11 is 0. The summed E-state index contributed by atoms with van der Waals surface area (Å²) in [5.74, 6) is -0.117. The van der Waals surface area contributed by atoms with Crippen molar-refractivity contribution in [1.82, 2.24) is 0 Å². The maximum atomic E-state index is 5.95. The molecule has 0 saturated heterocycles. The highest BCUT2D eigenvalue weighted by Crippen LogP contribution is 2.46. The van der Waals surface area contributed by atoms with E-state index in [1.165, 1.54) is 49.7 Å². The minimum absolute atomic E-state index is 0.0586. The van der Waals surface area contributed by atoms with E-state index in [9.17, 15) is 0 Å². The summed E-state index contributed by atoms with van der Waals surface area (Å²) < 4.78 is 0. The van der Waals surface area contributed by atoms with Gasteiger partial charge < -0.3 is 0 Å². The number of nitrogens with zero attached hydrogens (tertiary/aromatic N) is 2. The van der Waals surface area contributed by atoms with E-state index in [4.69, 9.17) is 9.98 Å². The highest BCUT2D eigenvalue weighted by atomic mass is 14.8. The van der Waals surface area contributed by atoms with Gasteiger partial charge in [0.05, 0.1) is 22.8 Å². The lowest BCUT2D eigenvalue weighted by Crippen LogP contribution is -2.13. The Hall–Kier alpha value is -6.64. The van der Waals surface area contributed by atoms with Crippen LogP contribution in [-0.2, 0) is 0 Å². The number of aliphatic imine (C=N–C) groups is 2. The Morgan fingerprint density at radius 3 is 1.17 bits per heavy atom. The Labute approximate surface area is 311 Å². The monoisotopic (exact) mass is 678 g/mol. The highest BCUT2D eigenvalue weighted by Gasteiger charge is 2.31. The summed E-state index contributed by atoms with van der Waals surface area (Å²) in [7, 11) is 0. The smallest absolute Gasteiger partial charge is 0.0979 e. The molecule has 0 heterocycles. The summed E-state index contributed by atoms with van der Waals surface area (Å²) in [5.41, 5.74) is 14.3. The average Bonchev–Trinajstić information content (AvgIpc) is 3.51. The first-order chi connectivity index (χ1) is 26.2. The lowest BCUT2D eigenvalue weighted by atomic mass is 9.78. The van der Waals surface area contributed by atoms with Crippen LogP contribution in [-0.4, -0.2) is 11.4 Å². The van der Waals surface area contributed by atoms with Crippen molar-refractivity contribution < 1.29 is 0 Å². The molecule has 0 spiro atoms. The minimum atomic E-state index is -0.0586. The van der Waals surface area contributed by atoms with Crippen molar-refractivity contribution in [3.63, 3.8) is 0 Å². The van der Waals surface area contributed by atoms with Crippen LogP contribution < -0.4 is 0 Å². The zero-order valence-corrected chi connectivity index (χ0v) is 29.6. The van der Waals surface area contributed by atoms with E-state index >= 15 is 0 Å². The number of para-hydroxylation sites is 1. The Morgan fingerprint density at radius 2 is 0.755 bits per heavy atom. The van der Waals surface area contributed by atoms with Gasteiger partial charge in [-0.05, 0) is 57.8 Å².